The fourth-order valence-electron chi connectivity index (χ4n) is 4.82. The van der Waals surface area contributed by atoms with Crippen molar-refractivity contribution in [3.8, 4) is 17.0 Å². The molecule has 0 saturated heterocycles. The first-order chi connectivity index (χ1) is 15.2. The van der Waals surface area contributed by atoms with Crippen LogP contribution < -0.4 is 5.32 Å². The second kappa shape index (κ2) is 8.50. The van der Waals surface area contributed by atoms with Crippen LogP contribution in [0.3, 0.4) is 0 Å². The summed E-state index contributed by atoms with van der Waals surface area (Å²) in [4.78, 5) is 22.8. The van der Waals surface area contributed by atoms with Crippen LogP contribution in [0.25, 0.3) is 11.3 Å². The molecule has 0 radical (unpaired) electrons. The number of benzene rings is 2. The zero-order valence-corrected chi connectivity index (χ0v) is 17.6. The van der Waals surface area contributed by atoms with Gasteiger partial charge in [-0.15, -0.1) is 0 Å². The van der Waals surface area contributed by atoms with Gasteiger partial charge in [0.15, 0.2) is 5.82 Å². The Labute approximate surface area is 182 Å². The van der Waals surface area contributed by atoms with Crippen LogP contribution >= 0.6 is 0 Å². The number of fused-ring (bicyclic) bond motifs is 3. The Morgan fingerprint density at radius 3 is 2.58 bits per heavy atom. The molecular weight excluding hydrogens is 386 g/mol. The van der Waals surface area contributed by atoms with Gasteiger partial charge in [-0.25, -0.2) is 9.97 Å². The number of anilines is 1. The number of amides is 1. The SMILES string of the molecule is O=C(Cc1ccc(O)cc1)Nc1nc2c(nc1CC1CCCC1)-c1ccccc1CC2. The topological polar surface area (TPSA) is 75.1 Å². The number of hydrogen-bond acceptors (Lipinski definition) is 4. The van der Waals surface area contributed by atoms with Crippen molar-refractivity contribution in [1.29, 1.82) is 0 Å². The fourth-order valence-corrected chi connectivity index (χ4v) is 4.82. The maximum Gasteiger partial charge on any atom is 0.229 e. The Bertz CT molecular complexity index is 1100. The van der Waals surface area contributed by atoms with E-state index in [-0.39, 0.29) is 18.1 Å². The Hall–Kier alpha value is -3.21. The molecule has 2 N–H and O–H groups in total. The molecule has 0 unspecified atom stereocenters. The quantitative estimate of drug-likeness (QED) is 0.626. The molecule has 5 rings (SSSR count). The predicted octanol–water partition coefficient (Wildman–Crippen LogP) is 4.86. The van der Waals surface area contributed by atoms with E-state index in [0.717, 1.165) is 41.9 Å². The molecule has 0 atom stereocenters. The van der Waals surface area contributed by atoms with Crippen LogP contribution in [-0.4, -0.2) is 21.0 Å². The highest BCUT2D eigenvalue weighted by Gasteiger charge is 2.24. The molecule has 0 bridgehead atoms. The molecule has 1 amide bonds. The molecule has 158 valence electrons. The van der Waals surface area contributed by atoms with E-state index in [1.54, 1.807) is 24.3 Å². The third-order valence-corrected chi connectivity index (χ3v) is 6.46. The standard InChI is InChI=1S/C26H27N3O2/c30-20-12-9-18(10-13-20)16-24(31)29-26-23(15-17-5-1-2-6-17)27-25-21-8-4-3-7-19(21)11-14-22(25)28-26/h3-4,7-10,12-13,17,30H,1-2,5-6,11,14-16H2,(H,28,29,31). The Balaban J connectivity index is 1.45. The molecular formula is C26H27N3O2. The number of aryl methyl sites for hydroxylation is 2. The smallest absolute Gasteiger partial charge is 0.229 e. The highest BCUT2D eigenvalue weighted by Crippen LogP contribution is 2.35. The van der Waals surface area contributed by atoms with E-state index in [0.29, 0.717) is 11.7 Å². The lowest BCUT2D eigenvalue weighted by Crippen LogP contribution is -2.20. The summed E-state index contributed by atoms with van der Waals surface area (Å²) in [5, 5.41) is 12.5. The number of phenolic OH excluding ortho intramolecular Hbond substituents is 1. The lowest BCUT2D eigenvalue weighted by atomic mass is 9.91. The van der Waals surface area contributed by atoms with Gasteiger partial charge >= 0.3 is 0 Å². The molecule has 2 aliphatic rings. The Morgan fingerprint density at radius 2 is 1.77 bits per heavy atom. The van der Waals surface area contributed by atoms with Crippen molar-refractivity contribution in [2.75, 3.05) is 5.32 Å². The van der Waals surface area contributed by atoms with E-state index >= 15 is 0 Å². The summed E-state index contributed by atoms with van der Waals surface area (Å²) < 4.78 is 0. The lowest BCUT2D eigenvalue weighted by Gasteiger charge is -2.21. The van der Waals surface area contributed by atoms with E-state index in [9.17, 15) is 9.90 Å². The molecule has 2 aromatic carbocycles. The molecule has 31 heavy (non-hydrogen) atoms. The van der Waals surface area contributed by atoms with Gasteiger partial charge in [0.25, 0.3) is 0 Å². The summed E-state index contributed by atoms with van der Waals surface area (Å²) >= 11 is 0. The summed E-state index contributed by atoms with van der Waals surface area (Å²) in [6.07, 6.45) is 7.86. The number of phenols is 1. The van der Waals surface area contributed by atoms with Crippen LogP contribution in [0.15, 0.2) is 48.5 Å². The fraction of sp³-hybridized carbons (Fsp3) is 0.346. The molecule has 5 nitrogen and oxygen atoms in total. The Kier molecular flexibility index (Phi) is 5.41. The summed E-state index contributed by atoms with van der Waals surface area (Å²) in [7, 11) is 0. The van der Waals surface area contributed by atoms with Gasteiger partial charge in [-0.3, -0.25) is 4.79 Å². The van der Waals surface area contributed by atoms with Gasteiger partial charge in [-0.1, -0.05) is 62.1 Å². The van der Waals surface area contributed by atoms with E-state index in [2.05, 4.69) is 29.6 Å². The van der Waals surface area contributed by atoms with Crippen molar-refractivity contribution in [3.05, 3.63) is 71.0 Å². The summed E-state index contributed by atoms with van der Waals surface area (Å²) in [5.41, 5.74) is 6.19. The average molecular weight is 414 g/mol. The number of aromatic nitrogens is 2. The zero-order chi connectivity index (χ0) is 21.2. The van der Waals surface area contributed by atoms with E-state index in [4.69, 9.17) is 9.97 Å². The van der Waals surface area contributed by atoms with Crippen molar-refractivity contribution < 1.29 is 9.90 Å². The average Bonchev–Trinajstić information content (AvgIpc) is 3.29. The number of rotatable bonds is 5. The number of hydrogen-bond donors (Lipinski definition) is 2. The second-order valence-electron chi connectivity index (χ2n) is 8.72. The van der Waals surface area contributed by atoms with Gasteiger partial charge in [0.2, 0.25) is 5.91 Å². The summed E-state index contributed by atoms with van der Waals surface area (Å²) in [6.45, 7) is 0. The van der Waals surface area contributed by atoms with Crippen LogP contribution in [0.4, 0.5) is 5.82 Å². The maximum atomic E-state index is 12.8. The highest BCUT2D eigenvalue weighted by atomic mass is 16.3. The van der Waals surface area contributed by atoms with Crippen molar-refractivity contribution in [2.24, 2.45) is 5.92 Å². The number of nitrogens with zero attached hydrogens (tertiary/aromatic N) is 2. The molecule has 1 heterocycles. The molecule has 0 aliphatic heterocycles. The van der Waals surface area contributed by atoms with Crippen molar-refractivity contribution in [3.63, 3.8) is 0 Å². The van der Waals surface area contributed by atoms with Crippen molar-refractivity contribution in [1.82, 2.24) is 9.97 Å². The van der Waals surface area contributed by atoms with Gasteiger partial charge in [0.1, 0.15) is 5.75 Å². The third-order valence-electron chi connectivity index (χ3n) is 6.46. The summed E-state index contributed by atoms with van der Waals surface area (Å²) in [5.74, 6) is 1.32. The van der Waals surface area contributed by atoms with Crippen LogP contribution in [0.5, 0.6) is 5.75 Å². The van der Waals surface area contributed by atoms with Crippen LogP contribution in [0.1, 0.15) is 48.2 Å². The molecule has 1 fully saturated rings. The van der Waals surface area contributed by atoms with Crippen LogP contribution in [0, 0.1) is 5.92 Å². The third kappa shape index (κ3) is 4.31. The first kappa shape index (κ1) is 19.7. The van der Waals surface area contributed by atoms with Crippen LogP contribution in [0.2, 0.25) is 0 Å². The minimum Gasteiger partial charge on any atom is -0.508 e. The first-order valence-electron chi connectivity index (χ1n) is 11.2. The number of carbonyl (C=O) groups excluding carboxylic acids is 1. The van der Waals surface area contributed by atoms with E-state index in [1.165, 1.54) is 36.8 Å². The Morgan fingerprint density at radius 1 is 1.00 bits per heavy atom. The van der Waals surface area contributed by atoms with Crippen molar-refractivity contribution in [2.45, 2.75) is 51.4 Å². The van der Waals surface area contributed by atoms with Crippen molar-refractivity contribution >= 4 is 11.7 Å². The highest BCUT2D eigenvalue weighted by molar-refractivity contribution is 5.92. The van der Waals surface area contributed by atoms with Gasteiger partial charge in [0.05, 0.1) is 23.5 Å². The minimum atomic E-state index is -0.108. The second-order valence-corrected chi connectivity index (χ2v) is 8.72. The molecule has 5 heteroatoms. The predicted molar refractivity (Wildman–Crippen MR) is 121 cm³/mol. The molecule has 1 aromatic heterocycles. The number of aromatic hydroxyl groups is 1. The molecule has 3 aromatic rings. The first-order valence-corrected chi connectivity index (χ1v) is 11.2. The number of carbonyl (C=O) groups is 1. The minimum absolute atomic E-state index is 0.108. The molecule has 0 spiro atoms. The van der Waals surface area contributed by atoms with Gasteiger partial charge in [-0.05, 0) is 48.4 Å². The molecule has 2 aliphatic carbocycles. The maximum absolute atomic E-state index is 12.8. The molecule has 1 saturated carbocycles. The van der Waals surface area contributed by atoms with Gasteiger partial charge in [0, 0.05) is 5.56 Å². The lowest BCUT2D eigenvalue weighted by molar-refractivity contribution is -0.115. The monoisotopic (exact) mass is 413 g/mol. The van der Waals surface area contributed by atoms with Gasteiger partial charge in [-0.2, -0.15) is 0 Å². The van der Waals surface area contributed by atoms with Crippen LogP contribution in [-0.2, 0) is 30.5 Å². The number of nitrogens with one attached hydrogen (secondary N) is 1. The van der Waals surface area contributed by atoms with E-state index in [1.807, 2.05) is 0 Å². The van der Waals surface area contributed by atoms with Gasteiger partial charge < -0.3 is 10.4 Å². The van der Waals surface area contributed by atoms with E-state index < -0.39 is 0 Å². The largest absolute Gasteiger partial charge is 0.508 e. The normalized spacial score (nSPS) is 15.4. The summed E-state index contributed by atoms with van der Waals surface area (Å²) in [6, 6.07) is 15.2. The zero-order valence-electron chi connectivity index (χ0n) is 17.6.